The van der Waals surface area contributed by atoms with Gasteiger partial charge in [-0.1, -0.05) is 18.2 Å². The third-order valence-corrected chi connectivity index (χ3v) is 5.86. The van der Waals surface area contributed by atoms with Crippen molar-refractivity contribution in [3.05, 3.63) is 46.8 Å². The average molecular weight is 325 g/mol. The zero-order valence-corrected chi connectivity index (χ0v) is 13.8. The number of ether oxygens (including phenoxy) is 1. The van der Waals surface area contributed by atoms with Crippen LogP contribution in [0.15, 0.2) is 39.9 Å². The Labute approximate surface area is 129 Å². The number of hydrogen-bond acceptors (Lipinski definition) is 4. The summed E-state index contributed by atoms with van der Waals surface area (Å²) < 4.78 is 32.4. The van der Waals surface area contributed by atoms with Gasteiger partial charge in [-0.05, 0) is 48.9 Å². The summed E-state index contributed by atoms with van der Waals surface area (Å²) in [5.74, 6) is 0.875. The molecule has 21 heavy (non-hydrogen) atoms. The molecule has 2 rings (SSSR count). The molecule has 6 heteroatoms. The zero-order chi connectivity index (χ0) is 15.3. The molecule has 2 aromatic rings. The highest BCUT2D eigenvalue weighted by molar-refractivity contribution is 7.91. The molecule has 0 amide bonds. The molecule has 1 heterocycles. The molecule has 0 unspecified atom stereocenters. The van der Waals surface area contributed by atoms with Gasteiger partial charge in [-0.2, -0.15) is 0 Å². The van der Waals surface area contributed by atoms with E-state index in [-0.39, 0.29) is 0 Å². The van der Waals surface area contributed by atoms with E-state index in [2.05, 4.69) is 4.72 Å². The van der Waals surface area contributed by atoms with E-state index in [1.54, 1.807) is 17.5 Å². The van der Waals surface area contributed by atoms with Crippen molar-refractivity contribution < 1.29 is 13.2 Å². The van der Waals surface area contributed by atoms with E-state index in [0.29, 0.717) is 23.8 Å². The summed E-state index contributed by atoms with van der Waals surface area (Å²) in [6, 6.07) is 9.27. The van der Waals surface area contributed by atoms with Crippen LogP contribution in [0.4, 0.5) is 0 Å². The molecule has 0 aliphatic rings. The van der Waals surface area contributed by atoms with Gasteiger partial charge >= 0.3 is 0 Å². The van der Waals surface area contributed by atoms with Gasteiger partial charge in [0.1, 0.15) is 9.96 Å². The van der Waals surface area contributed by atoms with Crippen molar-refractivity contribution in [1.82, 2.24) is 4.72 Å². The summed E-state index contributed by atoms with van der Waals surface area (Å²) in [5, 5.41) is 1.75. The fraction of sp³-hybridized carbons (Fsp3) is 0.333. The van der Waals surface area contributed by atoms with Crippen LogP contribution in [-0.4, -0.2) is 21.6 Å². The van der Waals surface area contributed by atoms with Crippen LogP contribution in [-0.2, 0) is 16.4 Å². The average Bonchev–Trinajstić information content (AvgIpc) is 2.96. The molecule has 0 atom stereocenters. The summed E-state index contributed by atoms with van der Waals surface area (Å²) in [6.45, 7) is 4.96. The van der Waals surface area contributed by atoms with Crippen molar-refractivity contribution in [2.75, 3.05) is 13.2 Å². The Morgan fingerprint density at radius 2 is 2.10 bits per heavy atom. The maximum absolute atomic E-state index is 12.0. The second kappa shape index (κ2) is 7.06. The van der Waals surface area contributed by atoms with Crippen LogP contribution in [0.25, 0.3) is 0 Å². The lowest BCUT2D eigenvalue weighted by Gasteiger charge is -2.09. The first-order valence-electron chi connectivity index (χ1n) is 6.78. The fourth-order valence-electron chi connectivity index (χ4n) is 2.00. The predicted molar refractivity (Wildman–Crippen MR) is 85.6 cm³/mol. The smallest absolute Gasteiger partial charge is 0.250 e. The minimum absolute atomic E-state index is 0.352. The monoisotopic (exact) mass is 325 g/mol. The van der Waals surface area contributed by atoms with Gasteiger partial charge in [0.25, 0.3) is 0 Å². The SMILES string of the molecule is CCOc1ccc(CCNS(=O)(=O)c2cccs2)cc1C. The lowest BCUT2D eigenvalue weighted by Crippen LogP contribution is -2.25. The topological polar surface area (TPSA) is 55.4 Å². The van der Waals surface area contributed by atoms with Gasteiger partial charge in [0, 0.05) is 6.54 Å². The number of rotatable bonds is 7. The molecule has 0 saturated heterocycles. The van der Waals surface area contributed by atoms with Crippen molar-refractivity contribution >= 4 is 21.4 Å². The maximum atomic E-state index is 12.0. The second-order valence-electron chi connectivity index (χ2n) is 4.61. The van der Waals surface area contributed by atoms with Crippen LogP contribution in [0, 0.1) is 6.92 Å². The fourth-order valence-corrected chi connectivity index (χ4v) is 4.07. The highest BCUT2D eigenvalue weighted by atomic mass is 32.2. The lowest BCUT2D eigenvalue weighted by molar-refractivity contribution is 0.338. The quantitative estimate of drug-likeness (QED) is 0.851. The summed E-state index contributed by atoms with van der Waals surface area (Å²) in [7, 11) is -3.37. The van der Waals surface area contributed by atoms with Crippen molar-refractivity contribution in [1.29, 1.82) is 0 Å². The molecular formula is C15H19NO3S2. The number of hydrogen-bond donors (Lipinski definition) is 1. The van der Waals surface area contributed by atoms with E-state index >= 15 is 0 Å². The summed E-state index contributed by atoms with van der Waals surface area (Å²) in [5.41, 5.74) is 2.15. The standard InChI is InChI=1S/C15H19NO3S2/c1-3-19-14-7-6-13(11-12(14)2)8-9-16-21(17,18)15-5-4-10-20-15/h4-7,10-11,16H,3,8-9H2,1-2H3. The van der Waals surface area contributed by atoms with E-state index in [4.69, 9.17) is 4.74 Å². The van der Waals surface area contributed by atoms with Gasteiger partial charge in [-0.25, -0.2) is 13.1 Å². The second-order valence-corrected chi connectivity index (χ2v) is 7.55. The maximum Gasteiger partial charge on any atom is 0.250 e. The van der Waals surface area contributed by atoms with E-state index < -0.39 is 10.0 Å². The molecule has 0 radical (unpaired) electrons. The van der Waals surface area contributed by atoms with Crippen molar-refractivity contribution in [2.24, 2.45) is 0 Å². The van der Waals surface area contributed by atoms with Crippen LogP contribution < -0.4 is 9.46 Å². The summed E-state index contributed by atoms with van der Waals surface area (Å²) in [6.07, 6.45) is 0.651. The first-order valence-corrected chi connectivity index (χ1v) is 9.14. The normalized spacial score (nSPS) is 11.5. The molecule has 1 aromatic carbocycles. The predicted octanol–water partition coefficient (Wildman–Crippen LogP) is 2.98. The number of thiophene rings is 1. The molecule has 0 aliphatic heterocycles. The largest absolute Gasteiger partial charge is 0.494 e. The van der Waals surface area contributed by atoms with Gasteiger partial charge in [0.05, 0.1) is 6.61 Å². The van der Waals surface area contributed by atoms with Gasteiger partial charge < -0.3 is 4.74 Å². The molecule has 114 valence electrons. The van der Waals surface area contributed by atoms with Gasteiger partial charge in [0.2, 0.25) is 10.0 Å². The van der Waals surface area contributed by atoms with Crippen molar-refractivity contribution in [2.45, 2.75) is 24.5 Å². The van der Waals surface area contributed by atoms with Crippen molar-refractivity contribution in [3.63, 3.8) is 0 Å². The Kier molecular flexibility index (Phi) is 5.39. The zero-order valence-electron chi connectivity index (χ0n) is 12.1. The Morgan fingerprint density at radius 3 is 2.71 bits per heavy atom. The van der Waals surface area contributed by atoms with Crippen LogP contribution in [0.5, 0.6) is 5.75 Å². The number of benzene rings is 1. The molecule has 0 saturated carbocycles. The molecule has 0 aliphatic carbocycles. The third-order valence-electron chi connectivity index (χ3n) is 3.00. The van der Waals surface area contributed by atoms with Crippen LogP contribution in [0.2, 0.25) is 0 Å². The minimum atomic E-state index is -3.37. The number of nitrogens with one attached hydrogen (secondary N) is 1. The molecule has 1 N–H and O–H groups in total. The van der Waals surface area contributed by atoms with Gasteiger partial charge in [-0.15, -0.1) is 11.3 Å². The Balaban J connectivity index is 1.93. The van der Waals surface area contributed by atoms with E-state index in [1.165, 1.54) is 11.3 Å². The highest BCUT2D eigenvalue weighted by Crippen LogP contribution is 2.19. The lowest BCUT2D eigenvalue weighted by atomic mass is 10.1. The van der Waals surface area contributed by atoms with Gasteiger partial charge in [-0.3, -0.25) is 0 Å². The van der Waals surface area contributed by atoms with Crippen LogP contribution in [0.1, 0.15) is 18.1 Å². The van der Waals surface area contributed by atoms with Gasteiger partial charge in [0.15, 0.2) is 0 Å². The molecule has 0 bridgehead atoms. The molecular weight excluding hydrogens is 306 g/mol. The molecule has 0 spiro atoms. The minimum Gasteiger partial charge on any atom is -0.494 e. The molecule has 0 fully saturated rings. The van der Waals surface area contributed by atoms with E-state index in [1.807, 2.05) is 32.0 Å². The summed E-state index contributed by atoms with van der Waals surface area (Å²) in [4.78, 5) is 0. The van der Waals surface area contributed by atoms with Crippen molar-refractivity contribution in [3.8, 4) is 5.75 Å². The van der Waals surface area contributed by atoms with Crippen LogP contribution >= 0.6 is 11.3 Å². The van der Waals surface area contributed by atoms with Crippen LogP contribution in [0.3, 0.4) is 0 Å². The Hall–Kier alpha value is -1.37. The summed E-state index contributed by atoms with van der Waals surface area (Å²) >= 11 is 1.22. The molecule has 4 nitrogen and oxygen atoms in total. The molecule has 1 aromatic heterocycles. The first-order chi connectivity index (χ1) is 10.0. The van der Waals surface area contributed by atoms with E-state index in [0.717, 1.165) is 16.9 Å². The Bertz CT molecular complexity index is 679. The number of aryl methyl sites for hydroxylation is 1. The number of sulfonamides is 1. The third kappa shape index (κ3) is 4.30. The Morgan fingerprint density at radius 1 is 1.29 bits per heavy atom. The first kappa shape index (κ1) is 16.0. The highest BCUT2D eigenvalue weighted by Gasteiger charge is 2.14. The van der Waals surface area contributed by atoms with E-state index in [9.17, 15) is 8.42 Å².